The number of morpholine rings is 1. The molecule has 1 aromatic carbocycles. The Hall–Kier alpha value is -1.06. The van der Waals surface area contributed by atoms with Crippen molar-refractivity contribution in [2.45, 2.75) is 4.34 Å². The summed E-state index contributed by atoms with van der Waals surface area (Å²) in [6, 6.07) is 7.38. The van der Waals surface area contributed by atoms with Gasteiger partial charge in [0.15, 0.2) is 0 Å². The van der Waals surface area contributed by atoms with Crippen molar-refractivity contribution in [1.82, 2.24) is 14.8 Å². The minimum atomic E-state index is -3.59. The molecule has 0 radical (unpaired) electrons. The summed E-state index contributed by atoms with van der Waals surface area (Å²) in [4.78, 5) is 6.71. The zero-order valence-corrected chi connectivity index (χ0v) is 11.7. The first-order valence-corrected chi connectivity index (χ1v) is 8.16. The highest BCUT2D eigenvalue weighted by Gasteiger charge is 2.23. The topological polar surface area (TPSA) is 71.5 Å². The first-order chi connectivity index (χ1) is 9.15. The van der Waals surface area contributed by atoms with Crippen LogP contribution in [0.1, 0.15) is 0 Å². The standard InChI is InChI=1S/C11H13N3O3S2/c15-19(16,13-14-5-7-17-8-6-14)11-12-9-3-1-2-4-10(9)18-11/h1-4,13H,5-8H2. The van der Waals surface area contributed by atoms with Crippen molar-refractivity contribution in [1.29, 1.82) is 0 Å². The number of nitrogens with zero attached hydrogens (tertiary/aromatic N) is 2. The Morgan fingerprint density at radius 1 is 1.26 bits per heavy atom. The zero-order valence-electron chi connectivity index (χ0n) is 10.1. The van der Waals surface area contributed by atoms with Gasteiger partial charge in [0.2, 0.25) is 4.34 Å². The van der Waals surface area contributed by atoms with Crippen LogP contribution in [0.4, 0.5) is 0 Å². The molecule has 1 N–H and O–H groups in total. The van der Waals surface area contributed by atoms with Crippen LogP contribution in [0.25, 0.3) is 10.2 Å². The maximum Gasteiger partial charge on any atom is 0.280 e. The molecule has 1 fully saturated rings. The predicted octanol–water partition coefficient (Wildman–Crippen LogP) is 0.822. The lowest BCUT2D eigenvalue weighted by Crippen LogP contribution is -2.48. The van der Waals surface area contributed by atoms with Crippen LogP contribution < -0.4 is 4.83 Å². The maximum absolute atomic E-state index is 12.2. The molecule has 0 atom stereocenters. The zero-order chi connectivity index (χ0) is 13.3. The molecule has 0 unspecified atom stereocenters. The van der Waals surface area contributed by atoms with Crippen molar-refractivity contribution in [2.24, 2.45) is 0 Å². The fourth-order valence-electron chi connectivity index (χ4n) is 1.83. The second kappa shape index (κ2) is 5.14. The molecule has 0 amide bonds. The molecular formula is C11H13N3O3S2. The van der Waals surface area contributed by atoms with Crippen LogP contribution in [-0.2, 0) is 14.8 Å². The van der Waals surface area contributed by atoms with E-state index in [1.54, 1.807) is 11.1 Å². The van der Waals surface area contributed by atoms with Crippen LogP contribution in [0.15, 0.2) is 28.6 Å². The van der Waals surface area contributed by atoms with Gasteiger partial charge in [-0.3, -0.25) is 0 Å². The molecule has 1 aromatic heterocycles. The number of sulfonamides is 1. The SMILES string of the molecule is O=S(=O)(NN1CCOCC1)c1nc2ccccc2s1. The summed E-state index contributed by atoms with van der Waals surface area (Å²) >= 11 is 1.17. The van der Waals surface area contributed by atoms with Gasteiger partial charge in [0, 0.05) is 13.1 Å². The van der Waals surface area contributed by atoms with Crippen LogP contribution >= 0.6 is 11.3 Å². The summed E-state index contributed by atoms with van der Waals surface area (Å²) < 4.78 is 30.6. The van der Waals surface area contributed by atoms with E-state index >= 15 is 0 Å². The van der Waals surface area contributed by atoms with E-state index < -0.39 is 10.0 Å². The lowest BCUT2D eigenvalue weighted by Gasteiger charge is -2.26. The largest absolute Gasteiger partial charge is 0.379 e. The first kappa shape index (κ1) is 12.9. The number of ether oxygens (including phenoxy) is 1. The normalized spacial score (nSPS) is 17.9. The Morgan fingerprint density at radius 2 is 2.00 bits per heavy atom. The number of rotatable bonds is 3. The van der Waals surface area contributed by atoms with Crippen molar-refractivity contribution in [3.63, 3.8) is 0 Å². The highest BCUT2D eigenvalue weighted by atomic mass is 32.2. The molecule has 0 bridgehead atoms. The van der Waals surface area contributed by atoms with Crippen molar-refractivity contribution >= 4 is 31.6 Å². The fourth-order valence-corrected chi connectivity index (χ4v) is 4.17. The van der Waals surface area contributed by atoms with E-state index in [0.29, 0.717) is 31.8 Å². The van der Waals surface area contributed by atoms with E-state index in [4.69, 9.17) is 4.74 Å². The molecule has 2 heterocycles. The molecule has 1 saturated heterocycles. The fraction of sp³-hybridized carbons (Fsp3) is 0.364. The molecule has 0 aliphatic carbocycles. The number of thiazole rings is 1. The van der Waals surface area contributed by atoms with Crippen molar-refractivity contribution in [3.8, 4) is 0 Å². The van der Waals surface area contributed by atoms with E-state index in [1.165, 1.54) is 11.3 Å². The lowest BCUT2D eigenvalue weighted by molar-refractivity contribution is 0.0272. The minimum absolute atomic E-state index is 0.0974. The average molecular weight is 299 g/mol. The summed E-state index contributed by atoms with van der Waals surface area (Å²) in [6.07, 6.45) is 0. The molecule has 6 nitrogen and oxygen atoms in total. The molecule has 0 saturated carbocycles. The third kappa shape index (κ3) is 2.77. The molecule has 1 aliphatic heterocycles. The van der Waals surface area contributed by atoms with Gasteiger partial charge in [0.25, 0.3) is 10.0 Å². The van der Waals surface area contributed by atoms with Crippen LogP contribution in [0.2, 0.25) is 0 Å². The Bertz CT molecular complexity index is 644. The molecule has 8 heteroatoms. The number of hydrogen-bond acceptors (Lipinski definition) is 6. The molecular weight excluding hydrogens is 286 g/mol. The van der Waals surface area contributed by atoms with Crippen LogP contribution in [0.3, 0.4) is 0 Å². The first-order valence-electron chi connectivity index (χ1n) is 5.86. The molecule has 0 spiro atoms. The quantitative estimate of drug-likeness (QED) is 0.908. The molecule has 19 heavy (non-hydrogen) atoms. The van der Waals surface area contributed by atoms with Crippen molar-refractivity contribution < 1.29 is 13.2 Å². The molecule has 102 valence electrons. The van der Waals surface area contributed by atoms with Crippen LogP contribution in [-0.4, -0.2) is 44.7 Å². The minimum Gasteiger partial charge on any atom is -0.379 e. The van der Waals surface area contributed by atoms with Gasteiger partial charge >= 0.3 is 0 Å². The summed E-state index contributed by atoms with van der Waals surface area (Å²) in [7, 11) is -3.59. The van der Waals surface area contributed by atoms with Crippen molar-refractivity contribution in [2.75, 3.05) is 26.3 Å². The van der Waals surface area contributed by atoms with Gasteiger partial charge < -0.3 is 4.74 Å². The maximum atomic E-state index is 12.2. The number of aromatic nitrogens is 1. The number of hydrazine groups is 1. The molecule has 3 rings (SSSR count). The van der Waals surface area contributed by atoms with Gasteiger partial charge in [-0.1, -0.05) is 12.1 Å². The van der Waals surface area contributed by atoms with E-state index in [9.17, 15) is 8.42 Å². The summed E-state index contributed by atoms with van der Waals surface area (Å²) in [5, 5.41) is 1.64. The third-order valence-electron chi connectivity index (χ3n) is 2.76. The number of hydrogen-bond donors (Lipinski definition) is 1. The smallest absolute Gasteiger partial charge is 0.280 e. The highest BCUT2D eigenvalue weighted by molar-refractivity contribution is 7.91. The summed E-state index contributed by atoms with van der Waals surface area (Å²) in [6.45, 7) is 2.15. The van der Waals surface area contributed by atoms with Gasteiger partial charge in [0.1, 0.15) is 0 Å². The van der Waals surface area contributed by atoms with Gasteiger partial charge in [-0.15, -0.1) is 16.2 Å². The number of benzene rings is 1. The van der Waals surface area contributed by atoms with E-state index in [1.807, 2.05) is 18.2 Å². The predicted molar refractivity (Wildman–Crippen MR) is 72.3 cm³/mol. The van der Waals surface area contributed by atoms with E-state index in [0.717, 1.165) is 4.70 Å². The highest BCUT2D eigenvalue weighted by Crippen LogP contribution is 2.24. The second-order valence-corrected chi connectivity index (χ2v) is 7.01. The van der Waals surface area contributed by atoms with Gasteiger partial charge in [0.05, 0.1) is 23.4 Å². The molecule has 2 aromatic rings. The van der Waals surface area contributed by atoms with Crippen molar-refractivity contribution in [3.05, 3.63) is 24.3 Å². The number of fused-ring (bicyclic) bond motifs is 1. The Morgan fingerprint density at radius 3 is 2.74 bits per heavy atom. The monoisotopic (exact) mass is 299 g/mol. The van der Waals surface area contributed by atoms with Gasteiger partial charge in [-0.05, 0) is 12.1 Å². The van der Waals surface area contributed by atoms with Crippen LogP contribution in [0, 0.1) is 0 Å². The van der Waals surface area contributed by atoms with Gasteiger partial charge in [-0.2, -0.15) is 0 Å². The Kier molecular flexibility index (Phi) is 3.50. The molecule has 1 aliphatic rings. The van der Waals surface area contributed by atoms with E-state index in [-0.39, 0.29) is 4.34 Å². The van der Waals surface area contributed by atoms with E-state index in [2.05, 4.69) is 9.82 Å². The average Bonchev–Trinajstić information content (AvgIpc) is 2.84. The lowest BCUT2D eigenvalue weighted by atomic mass is 10.3. The Balaban J connectivity index is 1.86. The second-order valence-electron chi connectivity index (χ2n) is 4.14. The number of para-hydroxylation sites is 1. The third-order valence-corrected chi connectivity index (χ3v) is 5.55. The number of nitrogens with one attached hydrogen (secondary N) is 1. The van der Waals surface area contributed by atoms with Gasteiger partial charge in [-0.25, -0.2) is 18.4 Å². The summed E-state index contributed by atoms with van der Waals surface area (Å²) in [5.41, 5.74) is 0.704. The summed E-state index contributed by atoms with van der Waals surface area (Å²) in [5.74, 6) is 0. The Labute approximate surface area is 115 Å². The van der Waals surface area contributed by atoms with Crippen LogP contribution in [0.5, 0.6) is 0 Å².